The summed E-state index contributed by atoms with van der Waals surface area (Å²) in [6.07, 6.45) is 4.78. The molecule has 1 amide bonds. The maximum Gasteiger partial charge on any atom is 0.242 e. The fourth-order valence-electron chi connectivity index (χ4n) is 3.61. The number of likely N-dealkylation sites (tertiary alicyclic amines) is 1. The van der Waals surface area contributed by atoms with Crippen LogP contribution >= 0.6 is 11.3 Å². The quantitative estimate of drug-likeness (QED) is 0.649. The highest BCUT2D eigenvalue weighted by Gasteiger charge is 2.31. The summed E-state index contributed by atoms with van der Waals surface area (Å²) in [4.78, 5) is 24.9. The summed E-state index contributed by atoms with van der Waals surface area (Å²) in [5.74, 6) is 1.20. The van der Waals surface area contributed by atoms with Gasteiger partial charge in [0.25, 0.3) is 0 Å². The van der Waals surface area contributed by atoms with Crippen molar-refractivity contribution >= 4 is 28.2 Å². The highest BCUT2D eigenvalue weighted by atomic mass is 32.1. The lowest BCUT2D eigenvalue weighted by Crippen LogP contribution is -2.53. The lowest BCUT2D eigenvalue weighted by molar-refractivity contribution is -0.136. The van der Waals surface area contributed by atoms with Crippen LogP contribution in [-0.2, 0) is 11.2 Å². The van der Waals surface area contributed by atoms with Crippen molar-refractivity contribution in [2.75, 3.05) is 18.4 Å². The number of nitrogens with zero attached hydrogens (tertiary/aromatic N) is 3. The van der Waals surface area contributed by atoms with Gasteiger partial charge in [0.1, 0.15) is 5.82 Å². The van der Waals surface area contributed by atoms with Gasteiger partial charge >= 0.3 is 0 Å². The van der Waals surface area contributed by atoms with Crippen LogP contribution < -0.4 is 11.1 Å². The molecule has 3 N–H and O–H groups in total. The van der Waals surface area contributed by atoms with Gasteiger partial charge < -0.3 is 16.0 Å². The predicted molar refractivity (Wildman–Crippen MR) is 131 cm³/mol. The minimum atomic E-state index is -0.811. The molecule has 2 aromatic rings. The predicted octanol–water partition coefficient (Wildman–Crippen LogP) is 5.34. The van der Waals surface area contributed by atoms with Crippen LogP contribution in [0.5, 0.6) is 0 Å². The molecule has 0 spiro atoms. The molecule has 3 heterocycles. The summed E-state index contributed by atoms with van der Waals surface area (Å²) in [6, 6.07) is 6.09. The highest BCUT2D eigenvalue weighted by molar-refractivity contribution is 7.15. The smallest absolute Gasteiger partial charge is 0.242 e. The molecular formula is C24H39N5OS. The van der Waals surface area contributed by atoms with Gasteiger partial charge in [-0.3, -0.25) is 4.79 Å². The fourth-order valence-corrected chi connectivity index (χ4v) is 4.73. The molecule has 0 unspecified atom stereocenters. The second-order valence-corrected chi connectivity index (χ2v) is 10.8. The standard InChI is InChI=1S/C22H33N5OS.C2H6/c1-21(2,3)13-16-14-24-20(29-16)26-18-8-6-7-17(25-18)15-9-11-27(12-10-15)19(28)22(4,5)23;1-2/h6-8,14-15H,9-13,23H2,1-5H3,(H,24,25,26);1-2H3. The summed E-state index contributed by atoms with van der Waals surface area (Å²) in [5.41, 5.74) is 6.47. The first kappa shape index (κ1) is 25.3. The average molecular weight is 446 g/mol. The topological polar surface area (TPSA) is 84.1 Å². The highest BCUT2D eigenvalue weighted by Crippen LogP contribution is 2.30. The zero-order valence-corrected chi connectivity index (χ0v) is 21.0. The van der Waals surface area contributed by atoms with Gasteiger partial charge in [-0.25, -0.2) is 9.97 Å². The Morgan fingerprint density at radius 1 is 1.19 bits per heavy atom. The van der Waals surface area contributed by atoms with Crippen molar-refractivity contribution in [3.63, 3.8) is 0 Å². The van der Waals surface area contributed by atoms with Gasteiger partial charge in [0.2, 0.25) is 5.91 Å². The lowest BCUT2D eigenvalue weighted by Gasteiger charge is -2.35. The van der Waals surface area contributed by atoms with E-state index in [0.29, 0.717) is 5.92 Å². The Balaban J connectivity index is 0.00000166. The van der Waals surface area contributed by atoms with Gasteiger partial charge in [-0.1, -0.05) is 40.7 Å². The Hall–Kier alpha value is -1.99. The SMILES string of the molecule is CC.CC(C)(C)Cc1cnc(Nc2cccc(C3CCN(C(=O)C(C)(C)N)CC3)n2)s1. The molecule has 3 rings (SSSR count). The molecule has 0 bridgehead atoms. The number of piperidine rings is 1. The van der Waals surface area contributed by atoms with Crippen molar-refractivity contribution in [1.29, 1.82) is 0 Å². The molecule has 7 heteroatoms. The second kappa shape index (κ2) is 10.6. The van der Waals surface area contributed by atoms with Crippen LogP contribution in [0.4, 0.5) is 10.9 Å². The average Bonchev–Trinajstić information content (AvgIpc) is 3.13. The third kappa shape index (κ3) is 7.58. The number of carbonyl (C=O) groups is 1. The number of hydrogen-bond acceptors (Lipinski definition) is 6. The summed E-state index contributed by atoms with van der Waals surface area (Å²) < 4.78 is 0. The van der Waals surface area contributed by atoms with E-state index in [4.69, 9.17) is 10.7 Å². The van der Waals surface area contributed by atoms with Crippen molar-refractivity contribution in [3.8, 4) is 0 Å². The minimum absolute atomic E-state index is 0.0224. The number of aromatic nitrogens is 2. The molecule has 1 aliphatic heterocycles. The first-order valence-corrected chi connectivity index (χ1v) is 12.1. The number of hydrogen-bond donors (Lipinski definition) is 2. The minimum Gasteiger partial charge on any atom is -0.341 e. The third-order valence-corrected chi connectivity index (χ3v) is 5.93. The van der Waals surface area contributed by atoms with Crippen molar-refractivity contribution < 1.29 is 4.79 Å². The third-order valence-electron chi connectivity index (χ3n) is 5.02. The molecule has 172 valence electrons. The zero-order chi connectivity index (χ0) is 23.2. The molecule has 6 nitrogen and oxygen atoms in total. The van der Waals surface area contributed by atoms with E-state index in [0.717, 1.165) is 49.0 Å². The number of nitrogens with two attached hydrogens (primary N) is 1. The number of nitrogens with one attached hydrogen (secondary N) is 1. The largest absolute Gasteiger partial charge is 0.341 e. The van der Waals surface area contributed by atoms with E-state index in [9.17, 15) is 4.79 Å². The van der Waals surface area contributed by atoms with E-state index < -0.39 is 5.54 Å². The first-order chi connectivity index (χ1) is 14.5. The molecule has 1 fully saturated rings. The zero-order valence-electron chi connectivity index (χ0n) is 20.2. The molecule has 1 saturated heterocycles. The van der Waals surface area contributed by atoms with Gasteiger partial charge in [0.15, 0.2) is 5.13 Å². The normalized spacial score (nSPS) is 15.3. The first-order valence-electron chi connectivity index (χ1n) is 11.3. The van der Waals surface area contributed by atoms with Crippen molar-refractivity contribution in [2.24, 2.45) is 11.1 Å². The molecule has 0 aliphatic carbocycles. The van der Waals surface area contributed by atoms with Crippen LogP contribution in [0.15, 0.2) is 24.4 Å². The summed E-state index contributed by atoms with van der Waals surface area (Å²) >= 11 is 1.68. The number of thiazole rings is 1. The van der Waals surface area contributed by atoms with E-state index in [1.54, 1.807) is 25.2 Å². The van der Waals surface area contributed by atoms with Crippen LogP contribution in [0.2, 0.25) is 0 Å². The van der Waals surface area contributed by atoms with Crippen molar-refractivity contribution in [3.05, 3.63) is 35.0 Å². The Labute approximate surface area is 191 Å². The van der Waals surface area contributed by atoms with Crippen LogP contribution in [0, 0.1) is 5.41 Å². The molecule has 0 aromatic carbocycles. The Morgan fingerprint density at radius 2 is 1.84 bits per heavy atom. The number of pyridine rings is 1. The molecular weight excluding hydrogens is 406 g/mol. The fraction of sp³-hybridized carbons (Fsp3) is 0.625. The Kier molecular flexibility index (Phi) is 8.60. The van der Waals surface area contributed by atoms with Crippen LogP contribution in [0.25, 0.3) is 0 Å². The summed E-state index contributed by atoms with van der Waals surface area (Å²) in [7, 11) is 0. The van der Waals surface area contributed by atoms with E-state index >= 15 is 0 Å². The number of amides is 1. The van der Waals surface area contributed by atoms with Crippen molar-refractivity contribution in [2.45, 2.75) is 79.2 Å². The second-order valence-electron chi connectivity index (χ2n) is 9.73. The monoisotopic (exact) mass is 445 g/mol. The molecule has 31 heavy (non-hydrogen) atoms. The van der Waals surface area contributed by atoms with Gasteiger partial charge in [-0.05, 0) is 50.7 Å². The van der Waals surface area contributed by atoms with Gasteiger partial charge in [-0.2, -0.15) is 0 Å². The maximum atomic E-state index is 12.4. The molecule has 0 radical (unpaired) electrons. The van der Waals surface area contributed by atoms with Crippen LogP contribution in [0.3, 0.4) is 0 Å². The van der Waals surface area contributed by atoms with Crippen LogP contribution in [0.1, 0.15) is 77.8 Å². The maximum absolute atomic E-state index is 12.4. The Morgan fingerprint density at radius 3 is 2.42 bits per heavy atom. The Bertz CT molecular complexity index is 842. The molecule has 0 saturated carbocycles. The lowest BCUT2D eigenvalue weighted by atomic mass is 9.92. The number of anilines is 2. The van der Waals surface area contributed by atoms with Gasteiger partial charge in [0.05, 0.1) is 5.54 Å². The van der Waals surface area contributed by atoms with Gasteiger partial charge in [-0.15, -0.1) is 11.3 Å². The van der Waals surface area contributed by atoms with E-state index in [2.05, 4.69) is 37.1 Å². The van der Waals surface area contributed by atoms with E-state index in [1.807, 2.05) is 37.1 Å². The molecule has 0 atom stereocenters. The summed E-state index contributed by atoms with van der Waals surface area (Å²) in [5, 5.41) is 4.23. The molecule has 1 aliphatic rings. The van der Waals surface area contributed by atoms with Gasteiger partial charge in [0, 0.05) is 35.8 Å². The van der Waals surface area contributed by atoms with Crippen LogP contribution in [-0.4, -0.2) is 39.4 Å². The van der Waals surface area contributed by atoms with E-state index in [-0.39, 0.29) is 11.3 Å². The molecule has 2 aromatic heterocycles. The van der Waals surface area contributed by atoms with E-state index in [1.165, 1.54) is 4.88 Å². The summed E-state index contributed by atoms with van der Waals surface area (Å²) in [6.45, 7) is 15.7. The van der Waals surface area contributed by atoms with Crippen molar-refractivity contribution in [1.82, 2.24) is 14.9 Å². The number of carbonyl (C=O) groups excluding carboxylic acids is 1. The number of rotatable bonds is 5.